The fraction of sp³-hybridized carbons (Fsp3) is 0.400. The second kappa shape index (κ2) is 7.23. The van der Waals surface area contributed by atoms with Gasteiger partial charge in [0.25, 0.3) is 11.5 Å². The molecule has 0 radical (unpaired) electrons. The number of benzene rings is 1. The molecule has 5 heteroatoms. The van der Waals surface area contributed by atoms with Crippen LogP contribution in [0.25, 0.3) is 11.1 Å². The molecule has 3 N–H and O–H groups in total. The minimum absolute atomic E-state index is 0.0730. The van der Waals surface area contributed by atoms with Gasteiger partial charge in [-0.3, -0.25) is 9.59 Å². The fourth-order valence-electron chi connectivity index (χ4n) is 3.44. The summed E-state index contributed by atoms with van der Waals surface area (Å²) in [6.07, 6.45) is 4.43. The van der Waals surface area contributed by atoms with Crippen LogP contribution in [-0.4, -0.2) is 28.1 Å². The Kier molecular flexibility index (Phi) is 5.04. The summed E-state index contributed by atoms with van der Waals surface area (Å²) in [6.45, 7) is 2.00. The molecular formula is C20H24N2O3. The highest BCUT2D eigenvalue weighted by molar-refractivity contribution is 5.95. The number of nitrogens with one attached hydrogen (secondary N) is 2. The molecule has 0 saturated heterocycles. The Bertz CT molecular complexity index is 805. The van der Waals surface area contributed by atoms with Gasteiger partial charge in [0.2, 0.25) is 0 Å². The molecule has 2 aromatic rings. The van der Waals surface area contributed by atoms with E-state index in [4.69, 9.17) is 0 Å². The lowest BCUT2D eigenvalue weighted by Gasteiger charge is -2.32. The molecule has 1 aromatic heterocycles. The number of carbonyl (C=O) groups is 1. The molecule has 0 aliphatic heterocycles. The minimum atomic E-state index is -0.854. The van der Waals surface area contributed by atoms with E-state index in [1.54, 1.807) is 6.07 Å². The summed E-state index contributed by atoms with van der Waals surface area (Å²) >= 11 is 0. The van der Waals surface area contributed by atoms with E-state index in [-0.39, 0.29) is 12.1 Å². The van der Waals surface area contributed by atoms with Crippen LogP contribution in [0.15, 0.2) is 41.2 Å². The number of aromatic amines is 1. The molecule has 1 amide bonds. The van der Waals surface area contributed by atoms with Crippen molar-refractivity contribution in [1.82, 2.24) is 10.3 Å². The Hall–Kier alpha value is -2.40. The number of hydrogen-bond donors (Lipinski definition) is 3. The van der Waals surface area contributed by atoms with Gasteiger partial charge in [0.15, 0.2) is 0 Å². The van der Waals surface area contributed by atoms with Crippen molar-refractivity contribution in [1.29, 1.82) is 0 Å². The number of H-pyrrole nitrogens is 1. The first-order valence-corrected chi connectivity index (χ1v) is 8.78. The molecule has 0 unspecified atom stereocenters. The highest BCUT2D eigenvalue weighted by atomic mass is 16.3. The first kappa shape index (κ1) is 17.4. The van der Waals surface area contributed by atoms with E-state index in [1.807, 2.05) is 37.3 Å². The van der Waals surface area contributed by atoms with Crippen LogP contribution in [0.1, 0.15) is 48.2 Å². The number of amides is 1. The van der Waals surface area contributed by atoms with Gasteiger partial charge in [-0.1, -0.05) is 49.6 Å². The molecule has 1 aliphatic rings. The first-order valence-electron chi connectivity index (χ1n) is 8.78. The number of aliphatic hydroxyl groups is 1. The Morgan fingerprint density at radius 2 is 1.88 bits per heavy atom. The average molecular weight is 340 g/mol. The average Bonchev–Trinajstić information content (AvgIpc) is 2.61. The standard InChI is InChI=1S/C20H24N2O3/c1-14-16(15-8-4-2-5-9-15)12-17(19(24)22-14)18(23)21-13-20(25)10-6-3-7-11-20/h2,4-5,8-9,12,25H,3,6-7,10-11,13H2,1H3,(H,21,23)(H,22,24). The van der Waals surface area contributed by atoms with E-state index < -0.39 is 17.1 Å². The van der Waals surface area contributed by atoms with Gasteiger partial charge in [-0.05, 0) is 31.4 Å². The first-order chi connectivity index (χ1) is 12.0. The van der Waals surface area contributed by atoms with Crippen molar-refractivity contribution in [3.05, 3.63) is 58.0 Å². The van der Waals surface area contributed by atoms with Crippen LogP contribution in [0.4, 0.5) is 0 Å². The molecule has 1 aliphatic carbocycles. The van der Waals surface area contributed by atoms with Crippen molar-refractivity contribution in [2.75, 3.05) is 6.54 Å². The zero-order valence-corrected chi connectivity index (χ0v) is 14.5. The number of pyridine rings is 1. The Labute approximate surface area is 147 Å². The minimum Gasteiger partial charge on any atom is -0.388 e. The molecule has 0 bridgehead atoms. The Balaban J connectivity index is 1.81. The predicted octanol–water partition coefficient (Wildman–Crippen LogP) is 2.78. The van der Waals surface area contributed by atoms with Crippen LogP contribution in [0, 0.1) is 6.92 Å². The van der Waals surface area contributed by atoms with Crippen molar-refractivity contribution in [3.8, 4) is 11.1 Å². The van der Waals surface area contributed by atoms with E-state index in [1.165, 1.54) is 0 Å². The van der Waals surface area contributed by atoms with E-state index >= 15 is 0 Å². The third kappa shape index (κ3) is 3.99. The van der Waals surface area contributed by atoms with Crippen molar-refractivity contribution >= 4 is 5.91 Å². The number of rotatable bonds is 4. The molecule has 5 nitrogen and oxygen atoms in total. The van der Waals surface area contributed by atoms with Crippen LogP contribution >= 0.6 is 0 Å². The van der Waals surface area contributed by atoms with Gasteiger partial charge in [0, 0.05) is 17.8 Å². The molecule has 25 heavy (non-hydrogen) atoms. The monoisotopic (exact) mass is 340 g/mol. The number of hydrogen-bond acceptors (Lipinski definition) is 3. The Morgan fingerprint density at radius 1 is 1.20 bits per heavy atom. The summed E-state index contributed by atoms with van der Waals surface area (Å²) < 4.78 is 0. The summed E-state index contributed by atoms with van der Waals surface area (Å²) in [6, 6.07) is 11.3. The molecule has 1 saturated carbocycles. The molecule has 3 rings (SSSR count). The molecule has 0 spiro atoms. The van der Waals surface area contributed by atoms with Gasteiger partial charge in [0.05, 0.1) is 5.60 Å². The molecule has 1 fully saturated rings. The quantitative estimate of drug-likeness (QED) is 0.800. The maximum atomic E-state index is 12.5. The van der Waals surface area contributed by atoms with Crippen LogP contribution < -0.4 is 10.9 Å². The van der Waals surface area contributed by atoms with Gasteiger partial charge in [0.1, 0.15) is 5.56 Å². The van der Waals surface area contributed by atoms with Gasteiger partial charge in [-0.25, -0.2) is 0 Å². The lowest BCUT2D eigenvalue weighted by atomic mass is 9.85. The summed E-state index contributed by atoms with van der Waals surface area (Å²) in [7, 11) is 0. The molecule has 1 heterocycles. The van der Waals surface area contributed by atoms with Gasteiger partial charge in [-0.15, -0.1) is 0 Å². The molecular weight excluding hydrogens is 316 g/mol. The zero-order valence-electron chi connectivity index (χ0n) is 14.5. The van der Waals surface area contributed by atoms with Crippen molar-refractivity contribution in [3.63, 3.8) is 0 Å². The third-order valence-electron chi connectivity index (χ3n) is 4.93. The van der Waals surface area contributed by atoms with Crippen LogP contribution in [-0.2, 0) is 0 Å². The van der Waals surface area contributed by atoms with Gasteiger partial charge in [-0.2, -0.15) is 0 Å². The van der Waals surface area contributed by atoms with Crippen molar-refractivity contribution in [2.24, 2.45) is 0 Å². The molecule has 0 atom stereocenters. The summed E-state index contributed by atoms with van der Waals surface area (Å²) in [4.78, 5) is 27.5. The topological polar surface area (TPSA) is 82.2 Å². The van der Waals surface area contributed by atoms with E-state index in [0.717, 1.165) is 36.1 Å². The highest BCUT2D eigenvalue weighted by Crippen LogP contribution is 2.27. The zero-order chi connectivity index (χ0) is 17.9. The molecule has 132 valence electrons. The Morgan fingerprint density at radius 3 is 2.56 bits per heavy atom. The highest BCUT2D eigenvalue weighted by Gasteiger charge is 2.29. The third-order valence-corrected chi connectivity index (χ3v) is 4.93. The van der Waals surface area contributed by atoms with Crippen molar-refractivity contribution < 1.29 is 9.90 Å². The number of carbonyl (C=O) groups excluding carboxylic acids is 1. The second-order valence-electron chi connectivity index (χ2n) is 6.88. The van der Waals surface area contributed by atoms with E-state index in [9.17, 15) is 14.7 Å². The SMILES string of the molecule is Cc1[nH]c(=O)c(C(=O)NCC2(O)CCCCC2)cc1-c1ccccc1. The van der Waals surface area contributed by atoms with Crippen LogP contribution in [0.2, 0.25) is 0 Å². The second-order valence-corrected chi connectivity index (χ2v) is 6.88. The van der Waals surface area contributed by atoms with Crippen LogP contribution in [0.3, 0.4) is 0 Å². The van der Waals surface area contributed by atoms with Crippen molar-refractivity contribution in [2.45, 2.75) is 44.6 Å². The number of aryl methyl sites for hydroxylation is 1. The normalized spacial score (nSPS) is 16.4. The summed E-state index contributed by atoms with van der Waals surface area (Å²) in [5.41, 5.74) is 1.29. The molecule has 1 aromatic carbocycles. The van der Waals surface area contributed by atoms with E-state index in [2.05, 4.69) is 10.3 Å². The summed E-state index contributed by atoms with van der Waals surface area (Å²) in [5, 5.41) is 13.3. The smallest absolute Gasteiger partial charge is 0.261 e. The fourth-order valence-corrected chi connectivity index (χ4v) is 3.44. The predicted molar refractivity (Wildman–Crippen MR) is 97.6 cm³/mol. The van der Waals surface area contributed by atoms with Crippen LogP contribution in [0.5, 0.6) is 0 Å². The van der Waals surface area contributed by atoms with Gasteiger partial charge < -0.3 is 15.4 Å². The largest absolute Gasteiger partial charge is 0.388 e. The van der Waals surface area contributed by atoms with Gasteiger partial charge >= 0.3 is 0 Å². The van der Waals surface area contributed by atoms with E-state index in [0.29, 0.717) is 12.8 Å². The maximum absolute atomic E-state index is 12.5. The maximum Gasteiger partial charge on any atom is 0.261 e. The summed E-state index contributed by atoms with van der Waals surface area (Å²) in [5.74, 6) is -0.447. The number of aromatic nitrogens is 1. The lowest BCUT2D eigenvalue weighted by molar-refractivity contribution is 0.00524. The lowest BCUT2D eigenvalue weighted by Crippen LogP contribution is -2.45.